The minimum Gasteiger partial charge on any atom is -0.493 e. The Hall–Kier alpha value is -2.43. The molecule has 0 radical (unpaired) electrons. The lowest BCUT2D eigenvalue weighted by molar-refractivity contribution is -0.157. The van der Waals surface area contributed by atoms with Crippen LogP contribution in [0.15, 0.2) is 42.6 Å². The van der Waals surface area contributed by atoms with Crippen LogP contribution in [-0.4, -0.2) is 29.8 Å². The van der Waals surface area contributed by atoms with Crippen molar-refractivity contribution in [3.05, 3.63) is 48.2 Å². The molecule has 1 aromatic heterocycles. The number of aryl methyl sites for hydroxylation is 1. The summed E-state index contributed by atoms with van der Waals surface area (Å²) in [6.45, 7) is 4.90. The highest BCUT2D eigenvalue weighted by Gasteiger charge is 2.27. The van der Waals surface area contributed by atoms with Crippen LogP contribution in [0.25, 0.3) is 11.3 Å². The number of benzene rings is 1. The van der Waals surface area contributed by atoms with Crippen LogP contribution in [0.2, 0.25) is 0 Å². The second kappa shape index (κ2) is 17.2. The Morgan fingerprint density at radius 1 is 0.895 bits per heavy atom. The Bertz CT molecular complexity index is 907. The first-order valence-electron chi connectivity index (χ1n) is 15.1. The van der Waals surface area contributed by atoms with E-state index in [-0.39, 0.29) is 12.5 Å². The number of esters is 1. The highest BCUT2D eigenvalue weighted by atomic mass is 19.1. The fraction of sp³-hybridized carbons (Fsp3) is 0.636. The first-order valence-corrected chi connectivity index (χ1v) is 15.1. The summed E-state index contributed by atoms with van der Waals surface area (Å²) in [5.74, 6) is 0.598. The van der Waals surface area contributed by atoms with Crippen molar-refractivity contribution in [1.82, 2.24) is 4.98 Å². The van der Waals surface area contributed by atoms with E-state index in [0.29, 0.717) is 18.9 Å². The molecule has 1 fully saturated rings. The number of hydrogen-bond acceptors (Lipinski definition) is 4. The molecule has 3 rings (SSSR count). The van der Waals surface area contributed by atoms with Crippen LogP contribution in [0.4, 0.5) is 4.39 Å². The fourth-order valence-electron chi connectivity index (χ4n) is 5.12. The quantitative estimate of drug-likeness (QED) is 0.153. The molecule has 1 aliphatic rings. The molecule has 1 saturated carbocycles. The van der Waals surface area contributed by atoms with E-state index in [1.807, 2.05) is 25.3 Å². The summed E-state index contributed by atoms with van der Waals surface area (Å²) in [6, 6.07) is 12.5. The van der Waals surface area contributed by atoms with Gasteiger partial charge in [0.2, 0.25) is 0 Å². The molecule has 4 nitrogen and oxygen atoms in total. The van der Waals surface area contributed by atoms with Gasteiger partial charge in [0.25, 0.3) is 0 Å². The molecule has 0 saturated heterocycles. The van der Waals surface area contributed by atoms with Crippen LogP contribution >= 0.6 is 0 Å². The van der Waals surface area contributed by atoms with Crippen molar-refractivity contribution in [1.29, 1.82) is 0 Å². The van der Waals surface area contributed by atoms with Crippen LogP contribution < -0.4 is 4.74 Å². The number of alkyl halides is 1. The predicted molar refractivity (Wildman–Crippen MR) is 153 cm³/mol. The molecule has 2 aromatic rings. The molecule has 5 heteroatoms. The van der Waals surface area contributed by atoms with E-state index < -0.39 is 12.1 Å². The van der Waals surface area contributed by atoms with Gasteiger partial charge >= 0.3 is 5.97 Å². The number of ether oxygens (including phenoxy) is 2. The maximum absolute atomic E-state index is 13.9. The van der Waals surface area contributed by atoms with Gasteiger partial charge < -0.3 is 9.47 Å². The van der Waals surface area contributed by atoms with Crippen LogP contribution in [0.3, 0.4) is 0 Å². The number of pyridine rings is 1. The molecule has 0 spiro atoms. The van der Waals surface area contributed by atoms with Gasteiger partial charge in [0.05, 0.1) is 12.3 Å². The summed E-state index contributed by atoms with van der Waals surface area (Å²) in [4.78, 5) is 16.6. The first kappa shape index (κ1) is 30.1. The lowest BCUT2D eigenvalue weighted by atomic mass is 9.88. The zero-order chi connectivity index (χ0) is 27.0. The van der Waals surface area contributed by atoms with E-state index in [9.17, 15) is 9.18 Å². The Balaban J connectivity index is 1.33. The molecular formula is C33H48FNO3. The van der Waals surface area contributed by atoms with E-state index >= 15 is 0 Å². The molecule has 0 N–H and O–H groups in total. The van der Waals surface area contributed by atoms with E-state index in [2.05, 4.69) is 31.2 Å². The number of carbonyl (C=O) groups excluding carboxylic acids is 1. The van der Waals surface area contributed by atoms with Crippen LogP contribution in [0, 0.1) is 5.92 Å². The van der Waals surface area contributed by atoms with Crippen molar-refractivity contribution < 1.29 is 18.7 Å². The van der Waals surface area contributed by atoms with Crippen molar-refractivity contribution in [3.63, 3.8) is 0 Å². The maximum atomic E-state index is 13.9. The van der Waals surface area contributed by atoms with E-state index in [1.165, 1.54) is 50.5 Å². The molecule has 0 aliphatic heterocycles. The number of rotatable bonds is 17. The van der Waals surface area contributed by atoms with Crippen molar-refractivity contribution in [2.75, 3.05) is 6.61 Å². The number of aromatic nitrogens is 1. The molecule has 1 aromatic carbocycles. The highest BCUT2D eigenvalue weighted by Crippen LogP contribution is 2.28. The van der Waals surface area contributed by atoms with Gasteiger partial charge in [-0.1, -0.05) is 71.3 Å². The SMILES string of the molecule is CCCCCCCCCc1ccc(-c2ccc(OC[C@H]3CC[C@H](OC(=O)[C@@H](F)CCCC)CC3)cc2)nc1. The number of halogens is 1. The van der Waals surface area contributed by atoms with Crippen molar-refractivity contribution in [2.45, 2.75) is 122 Å². The Kier molecular flexibility index (Phi) is 13.6. The lowest BCUT2D eigenvalue weighted by Gasteiger charge is -2.28. The Labute approximate surface area is 229 Å². The summed E-state index contributed by atoms with van der Waals surface area (Å²) in [5.41, 5.74) is 3.39. The third kappa shape index (κ3) is 10.7. The van der Waals surface area contributed by atoms with Gasteiger partial charge in [-0.25, -0.2) is 9.18 Å². The third-order valence-corrected chi connectivity index (χ3v) is 7.67. The zero-order valence-corrected chi connectivity index (χ0v) is 23.6. The normalized spacial score (nSPS) is 18.2. The number of nitrogens with zero attached hydrogens (tertiary/aromatic N) is 1. The van der Waals surface area contributed by atoms with Crippen LogP contribution in [0.1, 0.15) is 109 Å². The number of carbonyl (C=O) groups is 1. The van der Waals surface area contributed by atoms with Gasteiger partial charge in [0, 0.05) is 11.8 Å². The number of hydrogen-bond donors (Lipinski definition) is 0. The Morgan fingerprint density at radius 3 is 2.24 bits per heavy atom. The van der Waals surface area contributed by atoms with E-state index in [1.54, 1.807) is 0 Å². The standard InChI is InChI=1S/C33H48FNO3/c1-3-5-7-8-9-10-11-12-26-16-23-32(35-24-26)28-17-21-29(22-18-28)37-25-27-14-19-30(20-15-27)38-33(36)31(34)13-6-4-2/h16-18,21-24,27,30-31H,3-15,19-20,25H2,1-2H3/t27-,30-,31-/m0/s1. The minimum atomic E-state index is -1.48. The van der Waals surface area contributed by atoms with Gasteiger partial charge in [-0.2, -0.15) is 0 Å². The van der Waals surface area contributed by atoms with E-state index in [0.717, 1.165) is 55.5 Å². The third-order valence-electron chi connectivity index (χ3n) is 7.67. The van der Waals surface area contributed by atoms with Gasteiger partial charge in [-0.3, -0.25) is 4.98 Å². The van der Waals surface area contributed by atoms with Crippen molar-refractivity contribution in [3.8, 4) is 17.0 Å². The van der Waals surface area contributed by atoms with Crippen LogP contribution in [-0.2, 0) is 16.0 Å². The van der Waals surface area contributed by atoms with Gasteiger partial charge in [0.1, 0.15) is 11.9 Å². The average molecular weight is 526 g/mol. The van der Waals surface area contributed by atoms with Crippen LogP contribution in [0.5, 0.6) is 5.75 Å². The molecule has 0 amide bonds. The zero-order valence-electron chi connectivity index (χ0n) is 23.6. The first-order chi connectivity index (χ1) is 18.6. The van der Waals surface area contributed by atoms with E-state index in [4.69, 9.17) is 14.5 Å². The smallest absolute Gasteiger partial charge is 0.340 e. The molecule has 1 aliphatic carbocycles. The van der Waals surface area contributed by atoms with Gasteiger partial charge in [-0.15, -0.1) is 0 Å². The summed E-state index contributed by atoms with van der Waals surface area (Å²) in [7, 11) is 0. The second-order valence-corrected chi connectivity index (χ2v) is 10.9. The van der Waals surface area contributed by atoms with Crippen molar-refractivity contribution in [2.24, 2.45) is 5.92 Å². The maximum Gasteiger partial charge on any atom is 0.340 e. The Morgan fingerprint density at radius 2 is 1.58 bits per heavy atom. The topological polar surface area (TPSA) is 48.4 Å². The highest BCUT2D eigenvalue weighted by molar-refractivity contribution is 5.74. The second-order valence-electron chi connectivity index (χ2n) is 10.9. The summed E-state index contributed by atoms with van der Waals surface area (Å²) in [6.07, 6.45) is 16.0. The molecular weight excluding hydrogens is 477 g/mol. The summed E-state index contributed by atoms with van der Waals surface area (Å²) >= 11 is 0. The van der Waals surface area contributed by atoms with Gasteiger partial charge in [0.15, 0.2) is 6.17 Å². The molecule has 1 heterocycles. The molecule has 38 heavy (non-hydrogen) atoms. The summed E-state index contributed by atoms with van der Waals surface area (Å²) < 4.78 is 25.3. The average Bonchev–Trinajstić information content (AvgIpc) is 2.95. The fourth-order valence-corrected chi connectivity index (χ4v) is 5.12. The lowest BCUT2D eigenvalue weighted by Crippen LogP contribution is -2.30. The summed E-state index contributed by atoms with van der Waals surface area (Å²) in [5, 5.41) is 0. The van der Waals surface area contributed by atoms with Crippen molar-refractivity contribution >= 4 is 5.97 Å². The molecule has 1 atom stereocenters. The molecule has 0 bridgehead atoms. The molecule has 0 unspecified atom stereocenters. The number of unbranched alkanes of at least 4 members (excludes halogenated alkanes) is 7. The monoisotopic (exact) mass is 525 g/mol. The largest absolute Gasteiger partial charge is 0.493 e. The van der Waals surface area contributed by atoms with Gasteiger partial charge in [-0.05, 0) is 86.8 Å². The molecule has 210 valence electrons. The minimum absolute atomic E-state index is 0.160. The predicted octanol–water partition coefficient (Wildman–Crippen LogP) is 9.05.